The van der Waals surface area contributed by atoms with E-state index in [9.17, 15) is 9.59 Å². The molecule has 1 fully saturated rings. The second-order valence-corrected chi connectivity index (χ2v) is 5.88. The van der Waals surface area contributed by atoms with Crippen LogP contribution in [0, 0.1) is 0 Å². The lowest BCUT2D eigenvalue weighted by atomic mass is 10.1. The number of hydrogen-bond acceptors (Lipinski definition) is 4. The maximum absolute atomic E-state index is 12.1. The van der Waals surface area contributed by atoms with Gasteiger partial charge in [0.05, 0.1) is 23.2 Å². The smallest absolute Gasteiger partial charge is 0.276 e. The van der Waals surface area contributed by atoms with Crippen LogP contribution in [0.2, 0.25) is 10.0 Å². The first kappa shape index (κ1) is 14.6. The minimum atomic E-state index is -0.688. The summed E-state index contributed by atoms with van der Waals surface area (Å²) in [7, 11) is 0. The van der Waals surface area contributed by atoms with Crippen molar-refractivity contribution in [2.45, 2.75) is 25.4 Å². The number of nitrogens with zero attached hydrogens (tertiary/aromatic N) is 4. The van der Waals surface area contributed by atoms with Gasteiger partial charge >= 0.3 is 5.69 Å². The van der Waals surface area contributed by atoms with Crippen LogP contribution in [-0.2, 0) is 6.54 Å². The molecule has 0 amide bonds. The van der Waals surface area contributed by atoms with Crippen LogP contribution in [0.3, 0.4) is 0 Å². The van der Waals surface area contributed by atoms with Crippen LogP contribution in [0.4, 0.5) is 0 Å². The van der Waals surface area contributed by atoms with Crippen LogP contribution in [0.15, 0.2) is 16.9 Å². The van der Waals surface area contributed by atoms with Gasteiger partial charge in [-0.3, -0.25) is 4.79 Å². The number of rotatable bonds is 4. The van der Waals surface area contributed by atoms with Crippen molar-refractivity contribution in [3.63, 3.8) is 0 Å². The maximum Gasteiger partial charge on any atom is 0.364 e. The molecule has 2 aromatic rings. The van der Waals surface area contributed by atoms with Gasteiger partial charge in [-0.15, -0.1) is 0 Å². The molecule has 21 heavy (non-hydrogen) atoms. The molecular formula is C12H9Cl3N4O2. The Morgan fingerprint density at radius 2 is 2.00 bits per heavy atom. The van der Waals surface area contributed by atoms with E-state index < -0.39 is 5.24 Å². The van der Waals surface area contributed by atoms with Crippen molar-refractivity contribution in [1.29, 1.82) is 0 Å². The second-order valence-electron chi connectivity index (χ2n) is 4.76. The minimum Gasteiger partial charge on any atom is -0.276 e. The van der Waals surface area contributed by atoms with Crippen molar-refractivity contribution in [3.05, 3.63) is 43.8 Å². The number of benzene rings is 1. The second kappa shape index (κ2) is 5.44. The Morgan fingerprint density at radius 3 is 2.62 bits per heavy atom. The molecule has 1 aromatic carbocycles. The van der Waals surface area contributed by atoms with Gasteiger partial charge in [-0.2, -0.15) is 9.36 Å². The van der Waals surface area contributed by atoms with E-state index in [0.29, 0.717) is 10.6 Å². The molecule has 110 valence electrons. The van der Waals surface area contributed by atoms with E-state index in [4.69, 9.17) is 34.8 Å². The van der Waals surface area contributed by atoms with E-state index in [0.717, 1.165) is 17.5 Å². The summed E-state index contributed by atoms with van der Waals surface area (Å²) >= 11 is 17.7. The van der Waals surface area contributed by atoms with Gasteiger partial charge in [-0.05, 0) is 47.0 Å². The van der Waals surface area contributed by atoms with Crippen LogP contribution >= 0.6 is 34.8 Å². The third kappa shape index (κ3) is 2.71. The molecule has 0 saturated heterocycles. The highest BCUT2D eigenvalue weighted by Crippen LogP contribution is 2.32. The van der Waals surface area contributed by atoms with Crippen molar-refractivity contribution in [3.8, 4) is 0 Å². The number of carbonyl (C=O) groups excluding carboxylic acids is 1. The quantitative estimate of drug-likeness (QED) is 0.797. The molecular weight excluding hydrogens is 339 g/mol. The Kier molecular flexibility index (Phi) is 3.77. The molecule has 3 rings (SSSR count). The molecule has 0 aliphatic heterocycles. The Balaban J connectivity index is 2.00. The summed E-state index contributed by atoms with van der Waals surface area (Å²) in [6, 6.07) is 3.08. The first-order valence-corrected chi connectivity index (χ1v) is 7.31. The molecule has 1 heterocycles. The van der Waals surface area contributed by atoms with E-state index in [1.807, 2.05) is 0 Å². The largest absolute Gasteiger partial charge is 0.364 e. The van der Waals surface area contributed by atoms with Gasteiger partial charge in [0.2, 0.25) is 0 Å². The summed E-state index contributed by atoms with van der Waals surface area (Å²) < 4.78 is 2.51. The van der Waals surface area contributed by atoms with E-state index >= 15 is 0 Å². The third-order valence-corrected chi connectivity index (χ3v) is 4.25. The number of hydrogen-bond donors (Lipinski definition) is 0. The molecule has 1 aliphatic rings. The molecule has 0 atom stereocenters. The Labute approximate surface area is 134 Å². The normalized spacial score (nSPS) is 14.4. The highest BCUT2D eigenvalue weighted by molar-refractivity contribution is 6.68. The predicted molar refractivity (Wildman–Crippen MR) is 78.3 cm³/mol. The number of carbonyl (C=O) groups is 1. The van der Waals surface area contributed by atoms with E-state index in [2.05, 4.69) is 10.4 Å². The Morgan fingerprint density at radius 1 is 1.29 bits per heavy atom. The SMILES string of the molecule is O=C(Cl)c1ccc(Cl)c(Cn2nnn(C3CC3)c2=O)c1Cl. The van der Waals surface area contributed by atoms with Crippen molar-refractivity contribution >= 4 is 40.0 Å². The lowest BCUT2D eigenvalue weighted by Crippen LogP contribution is -2.25. The third-order valence-electron chi connectivity index (χ3n) is 3.26. The summed E-state index contributed by atoms with van der Waals surface area (Å²) in [4.78, 5) is 23.4. The van der Waals surface area contributed by atoms with Gasteiger partial charge in [0.1, 0.15) is 0 Å². The lowest BCUT2D eigenvalue weighted by Gasteiger charge is -2.08. The summed E-state index contributed by atoms with van der Waals surface area (Å²) in [5.41, 5.74) is 0.224. The molecule has 1 aromatic heterocycles. The lowest BCUT2D eigenvalue weighted by molar-refractivity contribution is 0.108. The average molecular weight is 348 g/mol. The first-order valence-electron chi connectivity index (χ1n) is 6.18. The topological polar surface area (TPSA) is 69.8 Å². The fourth-order valence-corrected chi connectivity index (χ4v) is 2.76. The van der Waals surface area contributed by atoms with Crippen LogP contribution in [0.25, 0.3) is 0 Å². The average Bonchev–Trinajstić information content (AvgIpc) is 3.20. The summed E-state index contributed by atoms with van der Waals surface area (Å²) in [6.07, 6.45) is 1.85. The standard InChI is InChI=1S/C12H9Cl3N4O2/c13-9-4-3-7(11(15)20)10(14)8(9)5-18-12(21)19(17-16-18)6-1-2-6/h3-4,6H,1-2,5H2. The molecule has 0 spiro atoms. The Bertz CT molecular complexity index is 779. The fraction of sp³-hybridized carbons (Fsp3) is 0.333. The van der Waals surface area contributed by atoms with Gasteiger partial charge in [0.25, 0.3) is 5.24 Å². The van der Waals surface area contributed by atoms with Crippen LogP contribution in [0.5, 0.6) is 0 Å². The zero-order valence-corrected chi connectivity index (χ0v) is 12.9. The number of tetrazole rings is 1. The molecule has 0 unspecified atom stereocenters. The number of halogens is 3. The van der Waals surface area contributed by atoms with Crippen LogP contribution < -0.4 is 5.69 Å². The van der Waals surface area contributed by atoms with Gasteiger partial charge in [0, 0.05) is 10.6 Å². The van der Waals surface area contributed by atoms with Crippen molar-refractivity contribution in [2.75, 3.05) is 0 Å². The van der Waals surface area contributed by atoms with Crippen molar-refractivity contribution < 1.29 is 4.79 Å². The molecule has 9 heteroatoms. The molecule has 0 N–H and O–H groups in total. The van der Waals surface area contributed by atoms with Gasteiger partial charge in [0.15, 0.2) is 0 Å². The van der Waals surface area contributed by atoms with E-state index in [1.165, 1.54) is 16.8 Å². The molecule has 0 bridgehead atoms. The first-order chi connectivity index (χ1) is 9.99. The summed E-state index contributed by atoms with van der Waals surface area (Å²) in [6.45, 7) is 0.0290. The zero-order valence-electron chi connectivity index (χ0n) is 10.6. The van der Waals surface area contributed by atoms with Crippen LogP contribution in [0.1, 0.15) is 34.8 Å². The summed E-state index contributed by atoms with van der Waals surface area (Å²) in [5.74, 6) is 0. The monoisotopic (exact) mass is 346 g/mol. The molecule has 0 radical (unpaired) electrons. The molecule has 1 saturated carbocycles. The molecule has 6 nitrogen and oxygen atoms in total. The van der Waals surface area contributed by atoms with Crippen LogP contribution in [-0.4, -0.2) is 25.0 Å². The predicted octanol–water partition coefficient (Wildman–Crippen LogP) is 2.51. The summed E-state index contributed by atoms with van der Waals surface area (Å²) in [5, 5.41) is 7.40. The van der Waals surface area contributed by atoms with Gasteiger partial charge in [-0.1, -0.05) is 23.2 Å². The highest BCUT2D eigenvalue weighted by atomic mass is 35.5. The van der Waals surface area contributed by atoms with E-state index in [1.54, 1.807) is 0 Å². The fourth-order valence-electron chi connectivity index (χ4n) is 1.98. The molecule has 1 aliphatic carbocycles. The highest BCUT2D eigenvalue weighted by Gasteiger charge is 2.28. The van der Waals surface area contributed by atoms with Gasteiger partial charge in [-0.25, -0.2) is 4.79 Å². The minimum absolute atomic E-state index is 0.0290. The zero-order chi connectivity index (χ0) is 15.1. The van der Waals surface area contributed by atoms with Gasteiger partial charge < -0.3 is 0 Å². The van der Waals surface area contributed by atoms with Crippen molar-refractivity contribution in [2.24, 2.45) is 0 Å². The van der Waals surface area contributed by atoms with E-state index in [-0.39, 0.29) is 28.9 Å². The number of aromatic nitrogens is 4. The Hall–Kier alpha value is -1.37. The van der Waals surface area contributed by atoms with Crippen molar-refractivity contribution in [1.82, 2.24) is 19.8 Å². The maximum atomic E-state index is 12.1.